The number of benzene rings is 5. The molecule has 0 radical (unpaired) electrons. The van der Waals surface area contributed by atoms with E-state index < -0.39 is 0 Å². The Labute approximate surface area is 235 Å². The average molecular weight is 515 g/mol. The molecule has 5 aromatic rings. The first-order chi connectivity index (χ1) is 19.5. The van der Waals surface area contributed by atoms with Crippen LogP contribution in [0.5, 0.6) is 0 Å². The largest absolute Gasteiger partial charge is 0.289 e. The molecule has 0 aliphatic carbocycles. The van der Waals surface area contributed by atoms with E-state index in [1.54, 1.807) is 0 Å². The highest BCUT2D eigenvalue weighted by molar-refractivity contribution is 6.09. The smallest absolute Gasteiger partial charge is 0.193 e. The van der Waals surface area contributed by atoms with E-state index in [2.05, 4.69) is 23.7 Å². The molecule has 0 aliphatic rings. The molecule has 0 heterocycles. The summed E-state index contributed by atoms with van der Waals surface area (Å²) in [4.78, 5) is 25.9. The molecule has 5 rings (SSSR count). The third-order valence-corrected chi connectivity index (χ3v) is 6.49. The fourth-order valence-corrected chi connectivity index (χ4v) is 4.20. The summed E-state index contributed by atoms with van der Waals surface area (Å²) in [5.41, 5.74) is 7.82. The van der Waals surface area contributed by atoms with Crippen molar-refractivity contribution in [2.24, 2.45) is 0 Å². The number of hydrogen-bond acceptors (Lipinski definition) is 2. The van der Waals surface area contributed by atoms with E-state index in [1.807, 2.05) is 135 Å². The van der Waals surface area contributed by atoms with Gasteiger partial charge in [-0.05, 0) is 50.2 Å². The first kappa shape index (κ1) is 26.2. The van der Waals surface area contributed by atoms with E-state index in [4.69, 9.17) is 0 Å². The van der Waals surface area contributed by atoms with Gasteiger partial charge in [0, 0.05) is 44.5 Å². The third kappa shape index (κ3) is 6.33. The molecular formula is C38H26O2. The van der Waals surface area contributed by atoms with Crippen molar-refractivity contribution in [2.45, 2.75) is 13.8 Å². The lowest BCUT2D eigenvalue weighted by molar-refractivity contribution is 0.103. The highest BCUT2D eigenvalue weighted by Gasteiger charge is 2.10. The Bertz CT molecular complexity index is 1700. The number of ketones is 2. The lowest BCUT2D eigenvalue weighted by Crippen LogP contribution is -2.01. The summed E-state index contributed by atoms with van der Waals surface area (Å²) >= 11 is 0. The minimum atomic E-state index is -0.0296. The van der Waals surface area contributed by atoms with Gasteiger partial charge in [0.1, 0.15) is 0 Å². The van der Waals surface area contributed by atoms with Crippen molar-refractivity contribution < 1.29 is 9.59 Å². The Morgan fingerprint density at radius 3 is 1.23 bits per heavy atom. The lowest BCUT2D eigenvalue weighted by atomic mass is 10.00. The molecule has 0 fully saturated rings. The van der Waals surface area contributed by atoms with Gasteiger partial charge >= 0.3 is 0 Å². The van der Waals surface area contributed by atoms with Gasteiger partial charge in [0.2, 0.25) is 0 Å². The minimum Gasteiger partial charge on any atom is -0.289 e. The number of carbonyl (C=O) groups excluding carboxylic acids is 2. The highest BCUT2D eigenvalue weighted by atomic mass is 16.1. The SMILES string of the molecule is Cc1ccc(C(=O)c2cccc(C#Cc3ccccc3C#Cc3cccc(C(=O)c4ccc(C)cc4)c3)c2)cc1. The van der Waals surface area contributed by atoms with E-state index in [0.29, 0.717) is 22.3 Å². The van der Waals surface area contributed by atoms with Crippen molar-refractivity contribution in [3.8, 4) is 23.7 Å². The maximum absolute atomic E-state index is 12.9. The second kappa shape index (κ2) is 12.0. The molecular weight excluding hydrogens is 488 g/mol. The Hall–Kier alpha value is -5.44. The van der Waals surface area contributed by atoms with E-state index in [9.17, 15) is 9.59 Å². The van der Waals surface area contributed by atoms with Crippen molar-refractivity contribution in [3.05, 3.63) is 177 Å². The summed E-state index contributed by atoms with van der Waals surface area (Å²) in [6, 6.07) is 37.6. The molecule has 0 spiro atoms. The lowest BCUT2D eigenvalue weighted by Gasteiger charge is -2.03. The minimum absolute atomic E-state index is 0.0296. The molecule has 5 aromatic carbocycles. The maximum atomic E-state index is 12.9. The van der Waals surface area contributed by atoms with Crippen LogP contribution in [0, 0.1) is 37.5 Å². The summed E-state index contributed by atoms with van der Waals surface area (Å²) in [5.74, 6) is 12.7. The average Bonchev–Trinajstić information content (AvgIpc) is 3.00. The van der Waals surface area contributed by atoms with Crippen LogP contribution in [0.1, 0.15) is 65.2 Å². The van der Waals surface area contributed by atoms with Crippen molar-refractivity contribution in [1.29, 1.82) is 0 Å². The Kier molecular flexibility index (Phi) is 7.82. The fourth-order valence-electron chi connectivity index (χ4n) is 4.20. The molecule has 0 amide bonds. The summed E-state index contributed by atoms with van der Waals surface area (Å²) in [6.07, 6.45) is 0. The van der Waals surface area contributed by atoms with Gasteiger partial charge in [0.05, 0.1) is 0 Å². The van der Waals surface area contributed by atoms with Gasteiger partial charge < -0.3 is 0 Å². The van der Waals surface area contributed by atoms with Crippen molar-refractivity contribution in [2.75, 3.05) is 0 Å². The monoisotopic (exact) mass is 514 g/mol. The van der Waals surface area contributed by atoms with Crippen LogP contribution in [-0.4, -0.2) is 11.6 Å². The molecule has 0 bridgehead atoms. The van der Waals surface area contributed by atoms with Crippen LogP contribution in [0.2, 0.25) is 0 Å². The van der Waals surface area contributed by atoms with E-state index in [1.165, 1.54) is 0 Å². The highest BCUT2D eigenvalue weighted by Crippen LogP contribution is 2.15. The zero-order chi connectivity index (χ0) is 27.9. The van der Waals surface area contributed by atoms with Gasteiger partial charge in [-0.2, -0.15) is 0 Å². The van der Waals surface area contributed by atoms with Gasteiger partial charge in [0.25, 0.3) is 0 Å². The van der Waals surface area contributed by atoms with Gasteiger partial charge in [-0.1, -0.05) is 120 Å². The molecule has 2 heteroatoms. The maximum Gasteiger partial charge on any atom is 0.193 e. The van der Waals surface area contributed by atoms with Gasteiger partial charge in [0.15, 0.2) is 11.6 Å². The summed E-state index contributed by atoms with van der Waals surface area (Å²) in [7, 11) is 0. The molecule has 0 aliphatic heterocycles. The molecule has 40 heavy (non-hydrogen) atoms. The molecule has 0 aromatic heterocycles. The summed E-state index contributed by atoms with van der Waals surface area (Å²) < 4.78 is 0. The van der Waals surface area contributed by atoms with E-state index in [0.717, 1.165) is 33.4 Å². The van der Waals surface area contributed by atoms with Crippen LogP contribution in [0.25, 0.3) is 0 Å². The third-order valence-electron chi connectivity index (χ3n) is 6.49. The normalized spacial score (nSPS) is 10.1. The van der Waals surface area contributed by atoms with Gasteiger partial charge in [-0.3, -0.25) is 9.59 Å². The second-order valence-electron chi connectivity index (χ2n) is 9.60. The standard InChI is InChI=1S/C38H26O2/c1-27-13-19-33(20-14-27)37(39)35-11-5-7-29(25-35)17-23-31-9-3-4-10-32(31)24-18-30-8-6-12-36(26-30)38(40)34-21-15-28(2)16-22-34/h3-16,19-22,25-26H,1-2H3. The van der Waals surface area contributed by atoms with Gasteiger partial charge in [-0.25, -0.2) is 0 Å². The summed E-state index contributed by atoms with van der Waals surface area (Å²) in [5, 5.41) is 0. The zero-order valence-corrected chi connectivity index (χ0v) is 22.4. The predicted molar refractivity (Wildman–Crippen MR) is 161 cm³/mol. The van der Waals surface area contributed by atoms with Crippen LogP contribution < -0.4 is 0 Å². The predicted octanol–water partition coefficient (Wildman–Crippen LogP) is 7.57. The van der Waals surface area contributed by atoms with Crippen LogP contribution in [0.4, 0.5) is 0 Å². The summed E-state index contributed by atoms with van der Waals surface area (Å²) in [6.45, 7) is 3.99. The van der Waals surface area contributed by atoms with Crippen LogP contribution in [0.3, 0.4) is 0 Å². The number of carbonyl (C=O) groups is 2. The van der Waals surface area contributed by atoms with Crippen LogP contribution in [0.15, 0.2) is 121 Å². The Morgan fingerprint density at radius 1 is 0.425 bits per heavy atom. The first-order valence-corrected chi connectivity index (χ1v) is 13.0. The fraction of sp³-hybridized carbons (Fsp3) is 0.0526. The topological polar surface area (TPSA) is 34.1 Å². The zero-order valence-electron chi connectivity index (χ0n) is 22.4. The van der Waals surface area contributed by atoms with E-state index in [-0.39, 0.29) is 11.6 Å². The van der Waals surface area contributed by atoms with Crippen molar-refractivity contribution >= 4 is 11.6 Å². The first-order valence-electron chi connectivity index (χ1n) is 13.0. The Balaban J connectivity index is 1.38. The number of hydrogen-bond donors (Lipinski definition) is 0. The molecule has 190 valence electrons. The van der Waals surface area contributed by atoms with Crippen LogP contribution in [-0.2, 0) is 0 Å². The Morgan fingerprint density at radius 2 is 0.825 bits per heavy atom. The van der Waals surface area contributed by atoms with E-state index >= 15 is 0 Å². The van der Waals surface area contributed by atoms with Crippen molar-refractivity contribution in [3.63, 3.8) is 0 Å². The molecule has 0 unspecified atom stereocenters. The quantitative estimate of drug-likeness (QED) is 0.183. The number of aryl methyl sites for hydroxylation is 2. The molecule has 0 saturated heterocycles. The number of rotatable bonds is 4. The molecule has 0 atom stereocenters. The molecule has 0 N–H and O–H groups in total. The van der Waals surface area contributed by atoms with Gasteiger partial charge in [-0.15, -0.1) is 0 Å². The second-order valence-corrected chi connectivity index (χ2v) is 9.60. The van der Waals surface area contributed by atoms with Crippen LogP contribution >= 0.6 is 0 Å². The molecule has 0 saturated carbocycles. The molecule has 2 nitrogen and oxygen atoms in total. The van der Waals surface area contributed by atoms with Crippen molar-refractivity contribution in [1.82, 2.24) is 0 Å².